The predicted octanol–water partition coefficient (Wildman–Crippen LogP) is -1.39. The molecule has 1 aliphatic rings. The van der Waals surface area contributed by atoms with Gasteiger partial charge in [-0.1, -0.05) is 18.2 Å². The number of aliphatic hydroxyl groups excluding tert-OH is 3. The number of carbonyl (C=O) groups is 4. The molecule has 0 aliphatic carbocycles. The standard InChI is InChI=1S/C23H32N6O3.C4H6O6/c1-23(2,16-30)21(32)28-7-9-29(10-8-28)22-25-13-19(14-26-22)18-6-4-5-17(11-18)15-27(3)20(31)12-24;5-1(3(7)8)2(6)4(9)10/h4-6,11,13-14,30H,7-10,12,15-16,24H2,1-3H3;1-2,5-6H,(H,7,8)(H,9,10). The number of hydrogen-bond donors (Lipinski definition) is 6. The van der Waals surface area contributed by atoms with E-state index in [1.54, 1.807) is 43.1 Å². The van der Waals surface area contributed by atoms with Crippen molar-refractivity contribution in [3.8, 4) is 11.1 Å². The third-order valence-electron chi connectivity index (χ3n) is 6.55. The van der Waals surface area contributed by atoms with Gasteiger partial charge in [-0.3, -0.25) is 9.59 Å². The lowest BCUT2D eigenvalue weighted by molar-refractivity contribution is -0.165. The van der Waals surface area contributed by atoms with Crippen LogP contribution in [0.3, 0.4) is 0 Å². The van der Waals surface area contributed by atoms with Gasteiger partial charge < -0.3 is 46.0 Å². The molecule has 1 aromatic heterocycles. The second-order valence-corrected chi connectivity index (χ2v) is 10.3. The maximum atomic E-state index is 12.5. The molecule has 0 bridgehead atoms. The third-order valence-corrected chi connectivity index (χ3v) is 6.55. The quantitative estimate of drug-likeness (QED) is 0.187. The second-order valence-electron chi connectivity index (χ2n) is 10.3. The van der Waals surface area contributed by atoms with Crippen LogP contribution in [0.1, 0.15) is 19.4 Å². The fourth-order valence-corrected chi connectivity index (χ4v) is 3.88. The summed E-state index contributed by atoms with van der Waals surface area (Å²) in [7, 11) is 1.73. The van der Waals surface area contributed by atoms with E-state index in [1.165, 1.54) is 0 Å². The van der Waals surface area contributed by atoms with E-state index in [0.717, 1.165) is 16.7 Å². The molecule has 42 heavy (non-hydrogen) atoms. The summed E-state index contributed by atoms with van der Waals surface area (Å²) in [6, 6.07) is 7.92. The third kappa shape index (κ3) is 9.17. The van der Waals surface area contributed by atoms with Crippen LogP contribution in [0.25, 0.3) is 11.1 Å². The van der Waals surface area contributed by atoms with Crippen LogP contribution < -0.4 is 10.6 Å². The van der Waals surface area contributed by atoms with Gasteiger partial charge in [0.1, 0.15) is 0 Å². The van der Waals surface area contributed by atoms with Gasteiger partial charge in [0, 0.05) is 57.7 Å². The lowest BCUT2D eigenvalue weighted by Crippen LogP contribution is -2.53. The Labute approximate surface area is 242 Å². The van der Waals surface area contributed by atoms with E-state index in [0.29, 0.717) is 38.7 Å². The van der Waals surface area contributed by atoms with Crippen molar-refractivity contribution in [2.45, 2.75) is 32.6 Å². The lowest BCUT2D eigenvalue weighted by atomic mass is 9.92. The summed E-state index contributed by atoms with van der Waals surface area (Å²) < 4.78 is 0. The number of carboxylic acid groups (broad SMARTS) is 2. The topological polar surface area (TPSA) is 231 Å². The Morgan fingerprint density at radius 2 is 1.52 bits per heavy atom. The Kier molecular flexibility index (Phi) is 12.3. The molecule has 2 aromatic rings. The number of amides is 2. The van der Waals surface area contributed by atoms with Gasteiger partial charge in [0.25, 0.3) is 0 Å². The van der Waals surface area contributed by atoms with Crippen LogP contribution in [0.5, 0.6) is 0 Å². The Hall–Kier alpha value is -4.18. The first-order valence-electron chi connectivity index (χ1n) is 13.0. The number of aromatic nitrogens is 2. The number of hydrogen-bond acceptors (Lipinski definition) is 11. The number of nitrogens with zero attached hydrogens (tertiary/aromatic N) is 5. The Balaban J connectivity index is 0.000000528. The largest absolute Gasteiger partial charge is 0.479 e. The van der Waals surface area contributed by atoms with E-state index in [1.807, 2.05) is 24.3 Å². The van der Waals surface area contributed by atoms with Gasteiger partial charge in [0.2, 0.25) is 17.8 Å². The molecule has 0 saturated carbocycles. The maximum Gasteiger partial charge on any atom is 0.335 e. The van der Waals surface area contributed by atoms with Gasteiger partial charge in [0.15, 0.2) is 12.2 Å². The van der Waals surface area contributed by atoms with Crippen molar-refractivity contribution in [2.75, 3.05) is 51.3 Å². The molecule has 0 radical (unpaired) electrons. The van der Waals surface area contributed by atoms with Crippen LogP contribution >= 0.6 is 0 Å². The SMILES string of the molecule is CN(Cc1cccc(-c2cnc(N3CCN(C(=O)C(C)(C)CO)CC3)nc2)c1)C(=O)CN.O=C(O)C(O)C(O)C(=O)O. The second kappa shape index (κ2) is 15.2. The Morgan fingerprint density at radius 3 is 2.00 bits per heavy atom. The molecule has 3 rings (SSSR count). The highest BCUT2D eigenvalue weighted by atomic mass is 16.4. The van der Waals surface area contributed by atoms with Gasteiger partial charge in [-0.05, 0) is 31.0 Å². The normalized spacial score (nSPS) is 14.7. The van der Waals surface area contributed by atoms with Crippen molar-refractivity contribution in [2.24, 2.45) is 11.1 Å². The molecule has 2 heterocycles. The molecule has 2 atom stereocenters. The van der Waals surface area contributed by atoms with Gasteiger partial charge in [-0.2, -0.15) is 0 Å². The number of likely N-dealkylation sites (N-methyl/N-ethyl adjacent to an activating group) is 1. The maximum absolute atomic E-state index is 12.5. The van der Waals surface area contributed by atoms with Crippen LogP contribution in [0.2, 0.25) is 0 Å². The van der Waals surface area contributed by atoms with Crippen LogP contribution in [-0.4, -0.2) is 128 Å². The molecule has 1 fully saturated rings. The number of aliphatic carboxylic acids is 2. The molecular formula is C27H38N6O9. The van der Waals surface area contributed by atoms with Crippen molar-refractivity contribution in [1.29, 1.82) is 0 Å². The number of rotatable bonds is 10. The molecule has 0 spiro atoms. The van der Waals surface area contributed by atoms with Crippen molar-refractivity contribution >= 4 is 29.7 Å². The van der Waals surface area contributed by atoms with Gasteiger partial charge >= 0.3 is 11.9 Å². The predicted molar refractivity (Wildman–Crippen MR) is 150 cm³/mol. The number of carbonyl (C=O) groups excluding carboxylic acids is 2. The summed E-state index contributed by atoms with van der Waals surface area (Å²) >= 11 is 0. The minimum Gasteiger partial charge on any atom is -0.479 e. The van der Waals surface area contributed by atoms with Gasteiger partial charge in [-0.15, -0.1) is 0 Å². The van der Waals surface area contributed by atoms with Gasteiger partial charge in [0.05, 0.1) is 18.6 Å². The fraction of sp³-hybridized carbons (Fsp3) is 0.481. The van der Waals surface area contributed by atoms with E-state index >= 15 is 0 Å². The molecule has 2 amide bonds. The van der Waals surface area contributed by atoms with Crippen LogP contribution in [-0.2, 0) is 25.7 Å². The van der Waals surface area contributed by atoms with E-state index in [-0.39, 0.29) is 25.0 Å². The van der Waals surface area contributed by atoms with Gasteiger partial charge in [-0.25, -0.2) is 19.6 Å². The van der Waals surface area contributed by atoms with Crippen LogP contribution in [0.4, 0.5) is 5.95 Å². The zero-order chi connectivity index (χ0) is 31.6. The van der Waals surface area contributed by atoms with Crippen molar-refractivity contribution < 1.29 is 44.7 Å². The van der Waals surface area contributed by atoms with Crippen molar-refractivity contribution in [3.63, 3.8) is 0 Å². The number of nitrogens with two attached hydrogens (primary N) is 1. The average molecular weight is 591 g/mol. The zero-order valence-corrected chi connectivity index (χ0v) is 23.8. The number of aliphatic hydroxyl groups is 3. The lowest BCUT2D eigenvalue weighted by Gasteiger charge is -2.38. The fourth-order valence-electron chi connectivity index (χ4n) is 3.88. The minimum absolute atomic E-state index is 0.00684. The average Bonchev–Trinajstić information content (AvgIpc) is 2.99. The van der Waals surface area contributed by atoms with E-state index in [4.69, 9.17) is 26.2 Å². The van der Waals surface area contributed by atoms with E-state index in [2.05, 4.69) is 14.9 Å². The smallest absolute Gasteiger partial charge is 0.335 e. The monoisotopic (exact) mass is 590 g/mol. The number of carboxylic acids is 2. The minimum atomic E-state index is -2.27. The molecule has 1 aliphatic heterocycles. The Bertz CT molecular complexity index is 1210. The molecule has 7 N–H and O–H groups in total. The molecule has 230 valence electrons. The number of benzene rings is 1. The van der Waals surface area contributed by atoms with Crippen molar-refractivity contribution in [1.82, 2.24) is 19.8 Å². The molecular weight excluding hydrogens is 552 g/mol. The molecule has 1 aromatic carbocycles. The van der Waals surface area contributed by atoms with Crippen LogP contribution in [0.15, 0.2) is 36.7 Å². The first-order chi connectivity index (χ1) is 19.7. The zero-order valence-electron chi connectivity index (χ0n) is 23.8. The Morgan fingerprint density at radius 1 is 0.976 bits per heavy atom. The summed E-state index contributed by atoms with van der Waals surface area (Å²) in [5.41, 5.74) is 7.54. The van der Waals surface area contributed by atoms with Crippen molar-refractivity contribution in [3.05, 3.63) is 42.2 Å². The van der Waals surface area contributed by atoms with E-state index < -0.39 is 29.6 Å². The molecule has 2 unspecified atom stereocenters. The number of piperazine rings is 1. The summed E-state index contributed by atoms with van der Waals surface area (Å²) in [4.78, 5) is 58.3. The van der Waals surface area contributed by atoms with Crippen LogP contribution in [0, 0.1) is 5.41 Å². The molecule has 1 saturated heterocycles. The highest BCUT2D eigenvalue weighted by Gasteiger charge is 2.33. The first kappa shape index (κ1) is 34.0. The molecule has 15 nitrogen and oxygen atoms in total. The number of anilines is 1. The van der Waals surface area contributed by atoms with E-state index in [9.17, 15) is 24.3 Å². The summed E-state index contributed by atoms with van der Waals surface area (Å²) in [6.07, 6.45) is -0.944. The summed E-state index contributed by atoms with van der Waals surface area (Å²) in [6.45, 7) is 6.25. The first-order valence-corrected chi connectivity index (χ1v) is 13.0. The highest BCUT2D eigenvalue weighted by Crippen LogP contribution is 2.23. The molecule has 15 heteroatoms. The summed E-state index contributed by atoms with van der Waals surface area (Å²) in [5, 5.41) is 42.0. The summed E-state index contributed by atoms with van der Waals surface area (Å²) in [5.74, 6) is -3.05. The highest BCUT2D eigenvalue weighted by molar-refractivity contribution is 5.83.